The summed E-state index contributed by atoms with van der Waals surface area (Å²) in [6, 6.07) is 7.37. The van der Waals surface area contributed by atoms with Crippen LogP contribution in [0.15, 0.2) is 18.2 Å². The van der Waals surface area contributed by atoms with Gasteiger partial charge in [-0.05, 0) is 24.6 Å². The number of nitriles is 1. The summed E-state index contributed by atoms with van der Waals surface area (Å²) in [6.07, 6.45) is 0.539. The average molecular weight is 223 g/mol. The fourth-order valence-electron chi connectivity index (χ4n) is 1.77. The van der Waals surface area contributed by atoms with E-state index in [0.29, 0.717) is 17.1 Å². The molecule has 0 saturated carbocycles. The Labute approximate surface area is 93.5 Å². The second-order valence-corrected chi connectivity index (χ2v) is 4.07. The molecule has 1 saturated heterocycles. The number of benzene rings is 1. The molecule has 0 spiro atoms. The van der Waals surface area contributed by atoms with Gasteiger partial charge >= 0.3 is 0 Å². The summed E-state index contributed by atoms with van der Waals surface area (Å²) in [5.41, 5.74) is 1.45. The molecule has 3 nitrogen and oxygen atoms in total. The third-order valence-electron chi connectivity index (χ3n) is 2.60. The summed E-state index contributed by atoms with van der Waals surface area (Å²) >= 11 is 5.93. The van der Waals surface area contributed by atoms with Crippen molar-refractivity contribution in [1.29, 1.82) is 5.26 Å². The molecule has 1 aromatic carbocycles. The first-order valence-corrected chi connectivity index (χ1v) is 5.21. The van der Waals surface area contributed by atoms with E-state index in [1.165, 1.54) is 0 Å². The predicted molar refractivity (Wildman–Crippen MR) is 59.0 cm³/mol. The van der Waals surface area contributed by atoms with Crippen LogP contribution in [0.5, 0.6) is 0 Å². The largest absolute Gasteiger partial charge is 0.391 e. The molecular formula is C11H11ClN2O. The molecule has 0 radical (unpaired) electrons. The maximum atomic E-state index is 9.40. The molecule has 2 rings (SSSR count). The van der Waals surface area contributed by atoms with Gasteiger partial charge in [0.1, 0.15) is 6.07 Å². The lowest BCUT2D eigenvalue weighted by atomic mass is 10.2. The maximum Gasteiger partial charge on any atom is 0.101 e. The summed E-state index contributed by atoms with van der Waals surface area (Å²) in [4.78, 5) is 2.07. The zero-order valence-corrected chi connectivity index (χ0v) is 8.91. The second-order valence-electron chi connectivity index (χ2n) is 3.66. The van der Waals surface area contributed by atoms with Gasteiger partial charge in [-0.25, -0.2) is 0 Å². The molecule has 4 heteroatoms. The summed E-state index contributed by atoms with van der Waals surface area (Å²) in [6.45, 7) is 1.48. The molecular weight excluding hydrogens is 212 g/mol. The van der Waals surface area contributed by atoms with Crippen molar-refractivity contribution in [1.82, 2.24) is 0 Å². The van der Waals surface area contributed by atoms with Gasteiger partial charge in [-0.15, -0.1) is 0 Å². The van der Waals surface area contributed by atoms with Crippen LogP contribution in [-0.2, 0) is 0 Å². The van der Waals surface area contributed by atoms with Gasteiger partial charge in [0.15, 0.2) is 0 Å². The highest BCUT2D eigenvalue weighted by Gasteiger charge is 2.20. The number of hydrogen-bond donors (Lipinski definition) is 1. The lowest BCUT2D eigenvalue weighted by Crippen LogP contribution is -2.20. The molecule has 78 valence electrons. The molecule has 1 fully saturated rings. The van der Waals surface area contributed by atoms with Gasteiger partial charge in [-0.2, -0.15) is 5.26 Å². The highest BCUT2D eigenvalue weighted by molar-refractivity contribution is 6.32. The van der Waals surface area contributed by atoms with Crippen molar-refractivity contribution in [2.75, 3.05) is 18.0 Å². The van der Waals surface area contributed by atoms with Crippen molar-refractivity contribution < 1.29 is 5.11 Å². The van der Waals surface area contributed by atoms with Crippen LogP contribution < -0.4 is 4.90 Å². The van der Waals surface area contributed by atoms with Gasteiger partial charge in [0.05, 0.1) is 16.7 Å². The number of rotatable bonds is 1. The number of hydrogen-bond acceptors (Lipinski definition) is 3. The summed E-state index contributed by atoms with van der Waals surface area (Å²) in [7, 11) is 0. The first kappa shape index (κ1) is 10.3. The molecule has 1 atom stereocenters. The molecule has 0 aliphatic carbocycles. The Kier molecular flexibility index (Phi) is 2.81. The first-order valence-electron chi connectivity index (χ1n) is 4.83. The van der Waals surface area contributed by atoms with Gasteiger partial charge in [0.2, 0.25) is 0 Å². The van der Waals surface area contributed by atoms with E-state index in [1.54, 1.807) is 12.1 Å². The smallest absolute Gasteiger partial charge is 0.101 e. The van der Waals surface area contributed by atoms with Gasteiger partial charge in [0.25, 0.3) is 0 Å². The first-order chi connectivity index (χ1) is 7.20. The standard InChI is InChI=1S/C11H11ClN2O/c12-11-5-9(2-1-8(11)6-13)14-4-3-10(15)7-14/h1-2,5,10,15H,3-4,7H2/t10-/m0/s1. The molecule has 0 unspecified atom stereocenters. The molecule has 1 N–H and O–H groups in total. The van der Waals surface area contributed by atoms with E-state index < -0.39 is 0 Å². The van der Waals surface area contributed by atoms with Gasteiger partial charge in [-0.3, -0.25) is 0 Å². The number of nitrogens with zero attached hydrogens (tertiary/aromatic N) is 2. The Morgan fingerprint density at radius 1 is 1.53 bits per heavy atom. The van der Waals surface area contributed by atoms with E-state index in [4.69, 9.17) is 16.9 Å². The normalized spacial score (nSPS) is 20.3. The quantitative estimate of drug-likeness (QED) is 0.788. The van der Waals surface area contributed by atoms with Crippen molar-refractivity contribution in [3.63, 3.8) is 0 Å². The van der Waals surface area contributed by atoms with Crippen LogP contribution >= 0.6 is 11.6 Å². The Bertz CT molecular complexity index is 414. The van der Waals surface area contributed by atoms with E-state index in [2.05, 4.69) is 4.90 Å². The van der Waals surface area contributed by atoms with Crippen LogP contribution in [0, 0.1) is 11.3 Å². The minimum absolute atomic E-state index is 0.251. The minimum atomic E-state index is -0.251. The Balaban J connectivity index is 2.24. The molecule has 1 aliphatic heterocycles. The number of aliphatic hydroxyl groups is 1. The van der Waals surface area contributed by atoms with Crippen LogP contribution in [0.25, 0.3) is 0 Å². The van der Waals surface area contributed by atoms with E-state index in [9.17, 15) is 5.11 Å². The average Bonchev–Trinajstić information content (AvgIpc) is 2.65. The monoisotopic (exact) mass is 222 g/mol. The molecule has 1 aliphatic rings. The zero-order valence-electron chi connectivity index (χ0n) is 8.15. The predicted octanol–water partition coefficient (Wildman–Crippen LogP) is 1.78. The van der Waals surface area contributed by atoms with Gasteiger partial charge in [0, 0.05) is 18.8 Å². The highest BCUT2D eigenvalue weighted by atomic mass is 35.5. The topological polar surface area (TPSA) is 47.3 Å². The molecule has 1 heterocycles. The lowest BCUT2D eigenvalue weighted by molar-refractivity contribution is 0.198. The Hall–Kier alpha value is -1.24. The Morgan fingerprint density at radius 2 is 2.33 bits per heavy atom. The van der Waals surface area contributed by atoms with Crippen LogP contribution in [0.2, 0.25) is 5.02 Å². The summed E-state index contributed by atoms with van der Waals surface area (Å²) in [5.74, 6) is 0. The van der Waals surface area contributed by atoms with Crippen LogP contribution in [0.4, 0.5) is 5.69 Å². The number of β-amino-alcohol motifs (C(OH)–C–C–N with tert-alkyl or cyclic N) is 1. The third-order valence-corrected chi connectivity index (χ3v) is 2.91. The van der Waals surface area contributed by atoms with Crippen molar-refractivity contribution in [3.05, 3.63) is 28.8 Å². The van der Waals surface area contributed by atoms with E-state index in [-0.39, 0.29) is 6.10 Å². The molecule has 15 heavy (non-hydrogen) atoms. The SMILES string of the molecule is N#Cc1ccc(N2CC[C@H](O)C2)cc1Cl. The second kappa shape index (κ2) is 4.09. The summed E-state index contributed by atoms with van der Waals surface area (Å²) in [5, 5.41) is 18.6. The Morgan fingerprint density at radius 3 is 2.87 bits per heavy atom. The minimum Gasteiger partial charge on any atom is -0.391 e. The van der Waals surface area contributed by atoms with Gasteiger partial charge < -0.3 is 10.0 Å². The van der Waals surface area contributed by atoms with Crippen LogP contribution in [0.3, 0.4) is 0 Å². The zero-order chi connectivity index (χ0) is 10.8. The number of anilines is 1. The van der Waals surface area contributed by atoms with Crippen molar-refractivity contribution in [2.45, 2.75) is 12.5 Å². The van der Waals surface area contributed by atoms with Crippen molar-refractivity contribution in [3.8, 4) is 6.07 Å². The van der Waals surface area contributed by atoms with E-state index in [0.717, 1.165) is 18.7 Å². The fraction of sp³-hybridized carbons (Fsp3) is 0.364. The van der Waals surface area contributed by atoms with Crippen LogP contribution in [0.1, 0.15) is 12.0 Å². The number of aliphatic hydroxyl groups excluding tert-OH is 1. The molecule has 1 aromatic rings. The highest BCUT2D eigenvalue weighted by Crippen LogP contribution is 2.25. The lowest BCUT2D eigenvalue weighted by Gasteiger charge is -2.18. The van der Waals surface area contributed by atoms with Gasteiger partial charge in [-0.1, -0.05) is 11.6 Å². The van der Waals surface area contributed by atoms with E-state index >= 15 is 0 Å². The van der Waals surface area contributed by atoms with Crippen molar-refractivity contribution >= 4 is 17.3 Å². The molecule has 0 amide bonds. The fourth-order valence-corrected chi connectivity index (χ4v) is 1.98. The molecule has 0 bridgehead atoms. The molecule has 0 aromatic heterocycles. The summed E-state index contributed by atoms with van der Waals surface area (Å²) < 4.78 is 0. The number of halogens is 1. The van der Waals surface area contributed by atoms with Crippen LogP contribution in [-0.4, -0.2) is 24.3 Å². The third kappa shape index (κ3) is 2.06. The van der Waals surface area contributed by atoms with Crippen molar-refractivity contribution in [2.24, 2.45) is 0 Å². The van der Waals surface area contributed by atoms with E-state index in [1.807, 2.05) is 12.1 Å². The maximum absolute atomic E-state index is 9.40.